The summed E-state index contributed by atoms with van der Waals surface area (Å²) in [5, 5.41) is 8.76. The summed E-state index contributed by atoms with van der Waals surface area (Å²) in [6, 6.07) is 12.1. The number of nitrogens with zero attached hydrogens (tertiary/aromatic N) is 1. The van der Waals surface area contributed by atoms with Gasteiger partial charge in [-0.2, -0.15) is 0 Å². The van der Waals surface area contributed by atoms with Gasteiger partial charge in [0.25, 0.3) is 11.8 Å². The van der Waals surface area contributed by atoms with Gasteiger partial charge in [-0.15, -0.1) is 0 Å². The van der Waals surface area contributed by atoms with E-state index in [-0.39, 0.29) is 24.3 Å². The van der Waals surface area contributed by atoms with Gasteiger partial charge in [0.05, 0.1) is 6.54 Å². The van der Waals surface area contributed by atoms with Crippen molar-refractivity contribution >= 4 is 29.1 Å². The van der Waals surface area contributed by atoms with Crippen LogP contribution >= 0.6 is 0 Å². The topological polar surface area (TPSA) is 90.5 Å². The fraction of sp³-hybridized carbons (Fsp3) is 0.348. The van der Waals surface area contributed by atoms with Gasteiger partial charge >= 0.3 is 0 Å². The van der Waals surface area contributed by atoms with E-state index in [2.05, 4.69) is 16.0 Å². The van der Waals surface area contributed by atoms with Gasteiger partial charge in [-0.25, -0.2) is 0 Å². The number of nitrogens with one attached hydrogen (secondary N) is 3. The van der Waals surface area contributed by atoms with Crippen molar-refractivity contribution in [3.63, 3.8) is 0 Å². The molecule has 0 aliphatic carbocycles. The molecule has 0 atom stereocenters. The monoisotopic (exact) mass is 410 g/mol. The average molecular weight is 411 g/mol. The van der Waals surface area contributed by atoms with E-state index in [0.717, 1.165) is 11.3 Å². The second-order valence-electron chi connectivity index (χ2n) is 7.82. The van der Waals surface area contributed by atoms with Crippen LogP contribution in [0.25, 0.3) is 0 Å². The van der Waals surface area contributed by atoms with Crippen LogP contribution in [0.15, 0.2) is 42.5 Å². The molecule has 0 spiro atoms. The Morgan fingerprint density at radius 3 is 2.37 bits per heavy atom. The molecule has 2 aromatic rings. The second-order valence-corrected chi connectivity index (χ2v) is 7.82. The van der Waals surface area contributed by atoms with Crippen molar-refractivity contribution < 1.29 is 14.4 Å². The standard InChI is InChI=1S/C23H30N4O3/c1-15(2)13-25-22(29)17-9-10-20(16(3)11-17)24-14-21(28)26-19-8-6-7-18(12-19)23(30)27(4)5/h6-12,15,24H,13-14H2,1-5H3,(H,25,29)(H,26,28). The van der Waals surface area contributed by atoms with Crippen molar-refractivity contribution in [3.8, 4) is 0 Å². The Hall–Kier alpha value is -3.35. The zero-order valence-electron chi connectivity index (χ0n) is 18.2. The van der Waals surface area contributed by atoms with Crippen LogP contribution in [-0.2, 0) is 4.79 Å². The molecule has 0 saturated carbocycles. The van der Waals surface area contributed by atoms with Crippen molar-refractivity contribution in [1.82, 2.24) is 10.2 Å². The van der Waals surface area contributed by atoms with Crippen LogP contribution in [0.5, 0.6) is 0 Å². The molecule has 7 nitrogen and oxygen atoms in total. The van der Waals surface area contributed by atoms with E-state index in [4.69, 9.17) is 0 Å². The maximum absolute atomic E-state index is 12.3. The number of carbonyl (C=O) groups excluding carboxylic acids is 3. The minimum atomic E-state index is -0.234. The van der Waals surface area contributed by atoms with E-state index in [1.165, 1.54) is 4.90 Å². The van der Waals surface area contributed by atoms with Gasteiger partial charge in [-0.1, -0.05) is 19.9 Å². The summed E-state index contributed by atoms with van der Waals surface area (Å²) in [5.74, 6) is -0.0839. The number of anilines is 2. The number of rotatable bonds is 8. The highest BCUT2D eigenvalue weighted by atomic mass is 16.2. The minimum Gasteiger partial charge on any atom is -0.376 e. The fourth-order valence-corrected chi connectivity index (χ4v) is 2.77. The normalized spacial score (nSPS) is 10.5. The third kappa shape index (κ3) is 6.62. The first-order chi connectivity index (χ1) is 14.2. The predicted molar refractivity (Wildman–Crippen MR) is 120 cm³/mol. The first-order valence-corrected chi connectivity index (χ1v) is 9.91. The average Bonchev–Trinajstić information content (AvgIpc) is 2.70. The Kier molecular flexibility index (Phi) is 7.98. The van der Waals surface area contributed by atoms with E-state index in [1.807, 2.05) is 20.8 Å². The van der Waals surface area contributed by atoms with Gasteiger partial charge in [0.1, 0.15) is 0 Å². The Bertz CT molecular complexity index is 922. The van der Waals surface area contributed by atoms with Crippen LogP contribution in [0.3, 0.4) is 0 Å². The Balaban J connectivity index is 1.94. The third-order valence-electron chi connectivity index (χ3n) is 4.40. The highest BCUT2D eigenvalue weighted by Crippen LogP contribution is 2.17. The van der Waals surface area contributed by atoms with Crippen LogP contribution in [-0.4, -0.2) is 49.8 Å². The summed E-state index contributed by atoms with van der Waals surface area (Å²) in [6.07, 6.45) is 0. The summed E-state index contributed by atoms with van der Waals surface area (Å²) in [6.45, 7) is 6.65. The maximum Gasteiger partial charge on any atom is 0.253 e. The first-order valence-electron chi connectivity index (χ1n) is 9.91. The lowest BCUT2D eigenvalue weighted by atomic mass is 10.1. The van der Waals surface area contributed by atoms with Crippen molar-refractivity contribution in [2.75, 3.05) is 37.8 Å². The minimum absolute atomic E-state index is 0.0611. The van der Waals surface area contributed by atoms with E-state index >= 15 is 0 Å². The third-order valence-corrected chi connectivity index (χ3v) is 4.40. The predicted octanol–water partition coefficient (Wildman–Crippen LogP) is 3.13. The lowest BCUT2D eigenvalue weighted by Gasteiger charge is -2.13. The van der Waals surface area contributed by atoms with Crippen LogP contribution < -0.4 is 16.0 Å². The van der Waals surface area contributed by atoms with Gasteiger partial charge in [0.15, 0.2) is 0 Å². The van der Waals surface area contributed by atoms with Crippen LogP contribution in [0.2, 0.25) is 0 Å². The molecular weight excluding hydrogens is 380 g/mol. The van der Waals surface area contributed by atoms with Crippen LogP contribution in [0, 0.1) is 12.8 Å². The van der Waals surface area contributed by atoms with Gasteiger partial charge < -0.3 is 20.9 Å². The molecule has 0 aromatic heterocycles. The van der Waals surface area contributed by atoms with E-state index < -0.39 is 0 Å². The van der Waals surface area contributed by atoms with E-state index in [0.29, 0.717) is 29.3 Å². The number of hydrogen-bond acceptors (Lipinski definition) is 4. The number of aryl methyl sites for hydroxylation is 1. The molecule has 0 heterocycles. The molecule has 0 radical (unpaired) electrons. The molecule has 2 aromatic carbocycles. The molecular formula is C23H30N4O3. The lowest BCUT2D eigenvalue weighted by Crippen LogP contribution is -2.27. The zero-order chi connectivity index (χ0) is 22.3. The van der Waals surface area contributed by atoms with Crippen LogP contribution in [0.1, 0.15) is 40.1 Å². The Labute approximate surface area is 177 Å². The fourth-order valence-electron chi connectivity index (χ4n) is 2.77. The molecule has 30 heavy (non-hydrogen) atoms. The highest BCUT2D eigenvalue weighted by Gasteiger charge is 2.11. The van der Waals surface area contributed by atoms with Gasteiger partial charge in [-0.05, 0) is 54.8 Å². The summed E-state index contributed by atoms with van der Waals surface area (Å²) in [4.78, 5) is 38.0. The van der Waals surface area contributed by atoms with Crippen molar-refractivity contribution in [2.45, 2.75) is 20.8 Å². The second kappa shape index (κ2) is 10.4. The maximum atomic E-state index is 12.3. The molecule has 0 fully saturated rings. The van der Waals surface area contributed by atoms with E-state index in [1.54, 1.807) is 56.6 Å². The molecule has 0 unspecified atom stereocenters. The number of carbonyl (C=O) groups is 3. The number of hydrogen-bond donors (Lipinski definition) is 3. The number of benzene rings is 2. The summed E-state index contributed by atoms with van der Waals surface area (Å²) in [5.41, 5.74) is 3.31. The molecule has 0 bridgehead atoms. The van der Waals surface area contributed by atoms with Crippen molar-refractivity contribution in [2.24, 2.45) is 5.92 Å². The molecule has 2 rings (SSSR count). The summed E-state index contributed by atoms with van der Waals surface area (Å²) < 4.78 is 0. The first kappa shape index (κ1) is 22.9. The molecule has 0 aliphatic rings. The van der Waals surface area contributed by atoms with Gasteiger partial charge in [-0.3, -0.25) is 14.4 Å². The summed E-state index contributed by atoms with van der Waals surface area (Å²) in [7, 11) is 3.36. The zero-order valence-corrected chi connectivity index (χ0v) is 18.2. The smallest absolute Gasteiger partial charge is 0.253 e. The molecule has 3 N–H and O–H groups in total. The lowest BCUT2D eigenvalue weighted by molar-refractivity contribution is -0.114. The quantitative estimate of drug-likeness (QED) is 0.624. The SMILES string of the molecule is Cc1cc(C(=O)NCC(C)C)ccc1NCC(=O)Nc1cccc(C(=O)N(C)C)c1. The molecule has 0 aliphatic heterocycles. The largest absolute Gasteiger partial charge is 0.376 e. The highest BCUT2D eigenvalue weighted by molar-refractivity contribution is 5.98. The molecule has 3 amide bonds. The Morgan fingerprint density at radius 1 is 1.00 bits per heavy atom. The summed E-state index contributed by atoms with van der Waals surface area (Å²) >= 11 is 0. The van der Waals surface area contributed by atoms with Gasteiger partial charge in [0.2, 0.25) is 5.91 Å². The van der Waals surface area contributed by atoms with Gasteiger partial charge in [0, 0.05) is 43.1 Å². The van der Waals surface area contributed by atoms with Crippen molar-refractivity contribution in [1.29, 1.82) is 0 Å². The molecule has 0 saturated heterocycles. The molecule has 160 valence electrons. The van der Waals surface area contributed by atoms with Crippen molar-refractivity contribution in [3.05, 3.63) is 59.2 Å². The van der Waals surface area contributed by atoms with E-state index in [9.17, 15) is 14.4 Å². The number of amides is 3. The molecule has 7 heteroatoms. The Morgan fingerprint density at radius 2 is 1.73 bits per heavy atom. The van der Waals surface area contributed by atoms with Crippen LogP contribution in [0.4, 0.5) is 11.4 Å².